The molecule has 0 saturated heterocycles. The first-order valence-electron chi connectivity index (χ1n) is 5.72. The lowest BCUT2D eigenvalue weighted by molar-refractivity contribution is 0.439. The van der Waals surface area contributed by atoms with E-state index in [0.717, 1.165) is 17.0 Å². The molecule has 0 saturated carbocycles. The highest BCUT2D eigenvalue weighted by Crippen LogP contribution is 2.19. The maximum Gasteiger partial charge on any atom is 0.194 e. The van der Waals surface area contributed by atoms with Crippen LogP contribution in [0.25, 0.3) is 0 Å². The normalized spacial score (nSPS) is 12.6. The van der Waals surface area contributed by atoms with Gasteiger partial charge in [-0.1, -0.05) is 6.07 Å². The molecule has 0 amide bonds. The Morgan fingerprint density at radius 1 is 1.21 bits per heavy atom. The van der Waals surface area contributed by atoms with E-state index < -0.39 is 23.5 Å². The van der Waals surface area contributed by atoms with Crippen molar-refractivity contribution in [1.82, 2.24) is 5.32 Å². The van der Waals surface area contributed by atoms with Crippen LogP contribution in [0.1, 0.15) is 16.5 Å². The number of halogens is 3. The molecule has 2 aromatic rings. The Labute approximate surface area is 113 Å². The monoisotopic (exact) mass is 286 g/mol. The average molecular weight is 286 g/mol. The van der Waals surface area contributed by atoms with E-state index in [0.29, 0.717) is 12.1 Å². The largest absolute Gasteiger partial charge is 0.329 e. The van der Waals surface area contributed by atoms with Crippen molar-refractivity contribution in [2.24, 2.45) is 5.73 Å². The second-order valence-electron chi connectivity index (χ2n) is 4.05. The molecule has 0 spiro atoms. The summed E-state index contributed by atoms with van der Waals surface area (Å²) in [4.78, 5) is 1.08. The maximum absolute atomic E-state index is 13.2. The van der Waals surface area contributed by atoms with Gasteiger partial charge in [0.05, 0.1) is 0 Å². The Morgan fingerprint density at radius 3 is 2.42 bits per heavy atom. The van der Waals surface area contributed by atoms with Crippen LogP contribution >= 0.6 is 11.3 Å². The molecule has 19 heavy (non-hydrogen) atoms. The van der Waals surface area contributed by atoms with Gasteiger partial charge in [-0.25, -0.2) is 13.2 Å². The Balaban J connectivity index is 2.13. The third kappa shape index (κ3) is 3.34. The molecule has 0 radical (unpaired) electrons. The quantitative estimate of drug-likeness (QED) is 0.829. The fraction of sp³-hybridized carbons (Fsp3) is 0.231. The fourth-order valence-electron chi connectivity index (χ4n) is 1.75. The van der Waals surface area contributed by atoms with Gasteiger partial charge in [0.2, 0.25) is 0 Å². The first-order valence-corrected chi connectivity index (χ1v) is 6.60. The third-order valence-corrected chi connectivity index (χ3v) is 3.62. The molecule has 1 atom stereocenters. The summed E-state index contributed by atoms with van der Waals surface area (Å²) in [5.74, 6) is -3.87. The van der Waals surface area contributed by atoms with Crippen molar-refractivity contribution >= 4 is 11.3 Å². The van der Waals surface area contributed by atoms with E-state index >= 15 is 0 Å². The Morgan fingerprint density at radius 2 is 1.89 bits per heavy atom. The van der Waals surface area contributed by atoms with Gasteiger partial charge in [0, 0.05) is 24.0 Å². The highest BCUT2D eigenvalue weighted by molar-refractivity contribution is 7.09. The number of hydrogen-bond donors (Lipinski definition) is 2. The molecule has 1 unspecified atom stereocenters. The summed E-state index contributed by atoms with van der Waals surface area (Å²) in [5.41, 5.74) is 5.89. The molecule has 0 bridgehead atoms. The number of hydrogen-bond acceptors (Lipinski definition) is 3. The standard InChI is InChI=1S/C13H13F3N2S/c14-10-4-8(5-11(15)13(10)16)12(6-17)18-7-9-2-1-3-19-9/h1-5,12,18H,6-7,17H2. The molecule has 0 aliphatic rings. The predicted molar refractivity (Wildman–Crippen MR) is 69.3 cm³/mol. The molecular formula is C13H13F3N2S. The van der Waals surface area contributed by atoms with Crippen molar-refractivity contribution in [3.8, 4) is 0 Å². The van der Waals surface area contributed by atoms with Gasteiger partial charge in [-0.3, -0.25) is 0 Å². The Bertz CT molecular complexity index is 520. The van der Waals surface area contributed by atoms with Crippen LogP contribution in [0.5, 0.6) is 0 Å². The summed E-state index contributed by atoms with van der Waals surface area (Å²) in [6.45, 7) is 0.704. The summed E-state index contributed by atoms with van der Waals surface area (Å²) >= 11 is 1.57. The van der Waals surface area contributed by atoms with E-state index in [-0.39, 0.29) is 6.54 Å². The van der Waals surface area contributed by atoms with Crippen LogP contribution in [-0.2, 0) is 6.54 Å². The number of rotatable bonds is 5. The molecule has 2 nitrogen and oxygen atoms in total. The van der Waals surface area contributed by atoms with Crippen LogP contribution in [0.2, 0.25) is 0 Å². The number of nitrogens with one attached hydrogen (secondary N) is 1. The SMILES string of the molecule is NCC(NCc1cccs1)c1cc(F)c(F)c(F)c1. The molecule has 2 rings (SSSR count). The minimum Gasteiger partial charge on any atom is -0.329 e. The van der Waals surface area contributed by atoms with Crippen molar-refractivity contribution in [3.05, 3.63) is 57.5 Å². The molecule has 3 N–H and O–H groups in total. The molecular weight excluding hydrogens is 273 g/mol. The van der Waals surface area contributed by atoms with Crippen LogP contribution in [-0.4, -0.2) is 6.54 Å². The van der Waals surface area contributed by atoms with Gasteiger partial charge in [0.25, 0.3) is 0 Å². The van der Waals surface area contributed by atoms with Crippen molar-refractivity contribution in [3.63, 3.8) is 0 Å². The van der Waals surface area contributed by atoms with Gasteiger partial charge in [-0.05, 0) is 29.1 Å². The second kappa shape index (κ2) is 6.18. The van der Waals surface area contributed by atoms with Crippen LogP contribution in [0.3, 0.4) is 0 Å². The molecule has 6 heteroatoms. The van der Waals surface area contributed by atoms with Gasteiger partial charge in [0.15, 0.2) is 17.5 Å². The van der Waals surface area contributed by atoms with E-state index in [4.69, 9.17) is 5.73 Å². The first kappa shape index (κ1) is 14.0. The van der Waals surface area contributed by atoms with Crippen LogP contribution in [0.4, 0.5) is 13.2 Å². The van der Waals surface area contributed by atoms with Crippen molar-refractivity contribution < 1.29 is 13.2 Å². The molecule has 0 fully saturated rings. The van der Waals surface area contributed by atoms with E-state index in [1.54, 1.807) is 11.3 Å². The molecule has 1 aromatic carbocycles. The van der Waals surface area contributed by atoms with Gasteiger partial charge in [-0.15, -0.1) is 11.3 Å². The van der Waals surface area contributed by atoms with E-state index in [2.05, 4.69) is 5.32 Å². The van der Waals surface area contributed by atoms with E-state index in [1.807, 2.05) is 17.5 Å². The van der Waals surface area contributed by atoms with Crippen molar-refractivity contribution in [2.45, 2.75) is 12.6 Å². The lowest BCUT2D eigenvalue weighted by Crippen LogP contribution is -2.28. The van der Waals surface area contributed by atoms with Crippen molar-refractivity contribution in [1.29, 1.82) is 0 Å². The molecule has 102 valence electrons. The number of thiophene rings is 1. The second-order valence-corrected chi connectivity index (χ2v) is 5.08. The van der Waals surface area contributed by atoms with Crippen LogP contribution in [0.15, 0.2) is 29.6 Å². The minimum atomic E-state index is -1.46. The summed E-state index contributed by atoms with van der Waals surface area (Å²) in [6.07, 6.45) is 0. The lowest BCUT2D eigenvalue weighted by Gasteiger charge is -2.17. The Hall–Kier alpha value is -1.37. The van der Waals surface area contributed by atoms with E-state index in [1.165, 1.54) is 0 Å². The Kier molecular flexibility index (Phi) is 4.57. The van der Waals surface area contributed by atoms with Crippen LogP contribution < -0.4 is 11.1 Å². The van der Waals surface area contributed by atoms with Crippen LogP contribution in [0, 0.1) is 17.5 Å². The molecule has 0 aliphatic heterocycles. The highest BCUT2D eigenvalue weighted by atomic mass is 32.1. The molecule has 1 heterocycles. The van der Waals surface area contributed by atoms with E-state index in [9.17, 15) is 13.2 Å². The molecule has 1 aromatic heterocycles. The van der Waals surface area contributed by atoms with Gasteiger partial charge in [-0.2, -0.15) is 0 Å². The highest BCUT2D eigenvalue weighted by Gasteiger charge is 2.16. The van der Waals surface area contributed by atoms with Crippen molar-refractivity contribution in [2.75, 3.05) is 6.54 Å². The zero-order valence-corrected chi connectivity index (χ0v) is 10.8. The summed E-state index contributed by atoms with van der Waals surface area (Å²) in [7, 11) is 0. The maximum atomic E-state index is 13.2. The van der Waals surface area contributed by atoms with Gasteiger partial charge >= 0.3 is 0 Å². The van der Waals surface area contributed by atoms with Gasteiger partial charge < -0.3 is 11.1 Å². The minimum absolute atomic E-state index is 0.163. The summed E-state index contributed by atoms with van der Waals surface area (Å²) in [5, 5.41) is 5.03. The zero-order valence-electron chi connectivity index (χ0n) is 10.00. The van der Waals surface area contributed by atoms with Gasteiger partial charge in [0.1, 0.15) is 0 Å². The molecule has 0 aliphatic carbocycles. The summed E-state index contributed by atoms with van der Waals surface area (Å²) in [6, 6.07) is 5.37. The predicted octanol–water partition coefficient (Wildman–Crippen LogP) is 2.96. The first-order chi connectivity index (χ1) is 9.11. The lowest BCUT2D eigenvalue weighted by atomic mass is 10.1. The number of benzene rings is 1. The zero-order chi connectivity index (χ0) is 13.8. The smallest absolute Gasteiger partial charge is 0.194 e. The topological polar surface area (TPSA) is 38.0 Å². The summed E-state index contributed by atoms with van der Waals surface area (Å²) < 4.78 is 39.2. The average Bonchev–Trinajstić information content (AvgIpc) is 2.89. The fourth-order valence-corrected chi connectivity index (χ4v) is 2.41. The number of nitrogens with two attached hydrogens (primary N) is 1. The third-order valence-electron chi connectivity index (χ3n) is 2.75.